The number of methoxy groups -OCH3 is 1. The van der Waals surface area contributed by atoms with Crippen molar-refractivity contribution >= 4 is 11.8 Å². The minimum Gasteiger partial charge on any atom is -0.493 e. The molecule has 25 heavy (non-hydrogen) atoms. The highest BCUT2D eigenvalue weighted by molar-refractivity contribution is 6.00. The fourth-order valence-corrected chi connectivity index (χ4v) is 2.32. The van der Waals surface area contributed by atoms with E-state index in [2.05, 4.69) is 10.9 Å². The first-order valence-corrected chi connectivity index (χ1v) is 7.95. The van der Waals surface area contributed by atoms with Crippen LogP contribution in [0, 0.1) is 13.8 Å². The molecule has 0 aromatic heterocycles. The van der Waals surface area contributed by atoms with Crippen LogP contribution in [0.3, 0.4) is 0 Å². The van der Waals surface area contributed by atoms with Crippen molar-refractivity contribution in [3.8, 4) is 11.5 Å². The summed E-state index contributed by atoms with van der Waals surface area (Å²) in [5.41, 5.74) is 7.51. The number of nitrogens with one attached hydrogen (secondary N) is 2. The summed E-state index contributed by atoms with van der Waals surface area (Å²) in [6.45, 7) is 6.10. The molecule has 0 saturated carbocycles. The summed E-state index contributed by atoms with van der Waals surface area (Å²) in [5.74, 6) is 0.198. The van der Waals surface area contributed by atoms with E-state index in [1.165, 1.54) is 7.11 Å². The molecule has 132 valence electrons. The average Bonchev–Trinajstić information content (AvgIpc) is 2.62. The molecule has 0 heterocycles. The van der Waals surface area contributed by atoms with E-state index < -0.39 is 5.91 Å². The Bertz CT molecular complexity index is 787. The minimum absolute atomic E-state index is 0.349. The van der Waals surface area contributed by atoms with E-state index in [9.17, 15) is 9.59 Å². The van der Waals surface area contributed by atoms with E-state index in [1.807, 2.05) is 32.9 Å². The average molecular weight is 342 g/mol. The lowest BCUT2D eigenvalue weighted by Gasteiger charge is -2.12. The van der Waals surface area contributed by atoms with Crippen LogP contribution in [0.15, 0.2) is 36.4 Å². The molecule has 2 aromatic rings. The Morgan fingerprint density at radius 3 is 2.36 bits per heavy atom. The first-order valence-electron chi connectivity index (χ1n) is 7.95. The number of ether oxygens (including phenoxy) is 2. The van der Waals surface area contributed by atoms with Gasteiger partial charge in [-0.25, -0.2) is 0 Å². The number of rotatable bonds is 5. The number of aryl methyl sites for hydroxylation is 2. The highest BCUT2D eigenvalue weighted by atomic mass is 16.5. The van der Waals surface area contributed by atoms with Gasteiger partial charge in [0.1, 0.15) is 0 Å². The molecule has 0 aliphatic carbocycles. The zero-order valence-corrected chi connectivity index (χ0v) is 14.8. The number of amides is 2. The normalized spacial score (nSPS) is 10.1. The second-order valence-corrected chi connectivity index (χ2v) is 5.53. The molecule has 2 aromatic carbocycles. The van der Waals surface area contributed by atoms with Gasteiger partial charge >= 0.3 is 0 Å². The van der Waals surface area contributed by atoms with Gasteiger partial charge in [-0.05, 0) is 50.6 Å². The Labute approximate surface area is 147 Å². The molecular weight excluding hydrogens is 320 g/mol. The lowest BCUT2D eigenvalue weighted by Crippen LogP contribution is -2.41. The van der Waals surface area contributed by atoms with Crippen LogP contribution < -0.4 is 20.3 Å². The zero-order chi connectivity index (χ0) is 18.4. The van der Waals surface area contributed by atoms with Crippen LogP contribution in [0.2, 0.25) is 0 Å². The third-order valence-electron chi connectivity index (χ3n) is 3.65. The number of benzene rings is 2. The highest BCUT2D eigenvalue weighted by Gasteiger charge is 2.13. The lowest BCUT2D eigenvalue weighted by atomic mass is 10.1. The standard InChI is InChI=1S/C19H22N2O4/c1-5-25-16-9-8-14(11-17(16)24-4)18(22)20-21-19(23)15-10-12(2)6-7-13(15)3/h6-11H,5H2,1-4H3,(H,20,22)(H,21,23). The maximum Gasteiger partial charge on any atom is 0.269 e. The number of carbonyl (C=O) groups is 2. The maximum absolute atomic E-state index is 12.2. The molecule has 6 nitrogen and oxygen atoms in total. The van der Waals surface area contributed by atoms with Crippen molar-refractivity contribution in [1.29, 1.82) is 0 Å². The molecule has 0 aliphatic rings. The fraction of sp³-hybridized carbons (Fsp3) is 0.263. The summed E-state index contributed by atoms with van der Waals surface area (Å²) in [4.78, 5) is 24.5. The van der Waals surface area contributed by atoms with Gasteiger partial charge < -0.3 is 9.47 Å². The summed E-state index contributed by atoms with van der Waals surface area (Å²) in [7, 11) is 1.50. The molecule has 0 saturated heterocycles. The molecule has 2 N–H and O–H groups in total. The molecule has 0 bridgehead atoms. The van der Waals surface area contributed by atoms with Crippen LogP contribution in [-0.2, 0) is 0 Å². The number of hydrazine groups is 1. The summed E-state index contributed by atoms with van der Waals surface area (Å²) in [6, 6.07) is 10.4. The van der Waals surface area contributed by atoms with Gasteiger partial charge in [-0.2, -0.15) is 0 Å². The van der Waals surface area contributed by atoms with E-state index in [4.69, 9.17) is 9.47 Å². The van der Waals surface area contributed by atoms with Gasteiger partial charge in [-0.3, -0.25) is 20.4 Å². The Morgan fingerprint density at radius 2 is 1.68 bits per heavy atom. The summed E-state index contributed by atoms with van der Waals surface area (Å²) >= 11 is 0. The maximum atomic E-state index is 12.2. The third-order valence-corrected chi connectivity index (χ3v) is 3.65. The lowest BCUT2D eigenvalue weighted by molar-refractivity contribution is 0.0846. The first-order chi connectivity index (χ1) is 12.0. The second kappa shape index (κ2) is 8.19. The number of hydrogen-bond donors (Lipinski definition) is 2. The molecule has 2 rings (SSSR count). The minimum atomic E-state index is -0.444. The van der Waals surface area contributed by atoms with E-state index in [-0.39, 0.29) is 5.91 Å². The second-order valence-electron chi connectivity index (χ2n) is 5.53. The molecule has 6 heteroatoms. The van der Waals surface area contributed by atoms with Gasteiger partial charge in [0.25, 0.3) is 11.8 Å². The van der Waals surface area contributed by atoms with Crippen molar-refractivity contribution in [3.05, 3.63) is 58.7 Å². The van der Waals surface area contributed by atoms with E-state index in [0.29, 0.717) is 29.2 Å². The predicted octanol–water partition coefficient (Wildman–Crippen LogP) is 2.79. The Morgan fingerprint density at radius 1 is 0.960 bits per heavy atom. The Kier molecular flexibility index (Phi) is 6.00. The van der Waals surface area contributed by atoms with E-state index >= 15 is 0 Å². The van der Waals surface area contributed by atoms with E-state index in [0.717, 1.165) is 11.1 Å². The van der Waals surface area contributed by atoms with Crippen LogP contribution >= 0.6 is 0 Å². The SMILES string of the molecule is CCOc1ccc(C(=O)NNC(=O)c2cc(C)ccc2C)cc1OC. The molecule has 0 spiro atoms. The summed E-state index contributed by atoms with van der Waals surface area (Å²) in [6.07, 6.45) is 0. The smallest absolute Gasteiger partial charge is 0.269 e. The monoisotopic (exact) mass is 342 g/mol. The molecule has 2 amide bonds. The molecular formula is C19H22N2O4. The van der Waals surface area contributed by atoms with Crippen molar-refractivity contribution in [2.75, 3.05) is 13.7 Å². The van der Waals surface area contributed by atoms with Crippen molar-refractivity contribution in [2.24, 2.45) is 0 Å². The van der Waals surface area contributed by atoms with Crippen LogP contribution in [0.1, 0.15) is 38.8 Å². The summed E-state index contributed by atoms with van der Waals surface area (Å²) in [5, 5.41) is 0. The quantitative estimate of drug-likeness (QED) is 0.819. The zero-order valence-electron chi connectivity index (χ0n) is 14.8. The van der Waals surface area contributed by atoms with Crippen molar-refractivity contribution in [2.45, 2.75) is 20.8 Å². The van der Waals surface area contributed by atoms with Crippen LogP contribution in [0.4, 0.5) is 0 Å². The number of carbonyl (C=O) groups excluding carboxylic acids is 2. The predicted molar refractivity (Wildman–Crippen MR) is 95.0 cm³/mol. The van der Waals surface area contributed by atoms with Crippen LogP contribution in [-0.4, -0.2) is 25.5 Å². The molecule has 0 aliphatic heterocycles. The van der Waals surface area contributed by atoms with Gasteiger partial charge in [-0.1, -0.05) is 17.7 Å². The van der Waals surface area contributed by atoms with Gasteiger partial charge in [0.15, 0.2) is 11.5 Å². The third kappa shape index (κ3) is 4.50. The fourth-order valence-electron chi connectivity index (χ4n) is 2.32. The Hall–Kier alpha value is -3.02. The molecule has 0 fully saturated rings. The first kappa shape index (κ1) is 18.3. The van der Waals surface area contributed by atoms with Crippen molar-refractivity contribution in [1.82, 2.24) is 10.9 Å². The van der Waals surface area contributed by atoms with Crippen LogP contribution in [0.5, 0.6) is 11.5 Å². The molecule has 0 radical (unpaired) electrons. The molecule has 0 unspecified atom stereocenters. The Balaban J connectivity index is 2.07. The van der Waals surface area contributed by atoms with E-state index in [1.54, 1.807) is 24.3 Å². The highest BCUT2D eigenvalue weighted by Crippen LogP contribution is 2.27. The summed E-state index contributed by atoms with van der Waals surface area (Å²) < 4.78 is 10.6. The number of hydrogen-bond acceptors (Lipinski definition) is 4. The van der Waals surface area contributed by atoms with Gasteiger partial charge in [0, 0.05) is 11.1 Å². The topological polar surface area (TPSA) is 76.7 Å². The van der Waals surface area contributed by atoms with Gasteiger partial charge in [0.2, 0.25) is 0 Å². The molecule has 0 atom stereocenters. The van der Waals surface area contributed by atoms with Crippen LogP contribution in [0.25, 0.3) is 0 Å². The van der Waals surface area contributed by atoms with Crippen molar-refractivity contribution in [3.63, 3.8) is 0 Å². The largest absolute Gasteiger partial charge is 0.493 e. The van der Waals surface area contributed by atoms with Crippen molar-refractivity contribution < 1.29 is 19.1 Å². The van der Waals surface area contributed by atoms with Gasteiger partial charge in [-0.15, -0.1) is 0 Å². The van der Waals surface area contributed by atoms with Gasteiger partial charge in [0.05, 0.1) is 13.7 Å².